The summed E-state index contributed by atoms with van der Waals surface area (Å²) in [4.78, 5) is 14.8. The van der Waals surface area contributed by atoms with Crippen molar-refractivity contribution in [2.45, 2.75) is 64.5 Å². The molecule has 116 valence electrons. The van der Waals surface area contributed by atoms with Crippen LogP contribution in [0.15, 0.2) is 0 Å². The predicted molar refractivity (Wildman–Crippen MR) is 82.4 cm³/mol. The largest absolute Gasteiger partial charge is 0.354 e. The zero-order valence-electron chi connectivity index (χ0n) is 13.1. The second kappa shape index (κ2) is 7.41. The molecule has 1 amide bonds. The van der Waals surface area contributed by atoms with E-state index in [2.05, 4.69) is 24.1 Å². The van der Waals surface area contributed by atoms with Crippen molar-refractivity contribution >= 4 is 5.91 Å². The third-order valence-electron chi connectivity index (χ3n) is 5.29. The van der Waals surface area contributed by atoms with E-state index in [4.69, 9.17) is 5.73 Å². The van der Waals surface area contributed by atoms with Crippen molar-refractivity contribution in [3.63, 3.8) is 0 Å². The van der Waals surface area contributed by atoms with Crippen molar-refractivity contribution in [2.75, 3.05) is 19.6 Å². The zero-order chi connectivity index (χ0) is 14.5. The molecule has 4 atom stereocenters. The summed E-state index contributed by atoms with van der Waals surface area (Å²) in [5.41, 5.74) is 6.03. The number of likely N-dealkylation sites (N-methyl/N-ethyl adjacent to an activating group) is 1. The van der Waals surface area contributed by atoms with Crippen molar-refractivity contribution in [2.24, 2.45) is 17.6 Å². The van der Waals surface area contributed by atoms with E-state index in [1.54, 1.807) is 0 Å². The van der Waals surface area contributed by atoms with E-state index in [9.17, 15) is 4.79 Å². The quantitative estimate of drug-likeness (QED) is 0.807. The van der Waals surface area contributed by atoms with Crippen LogP contribution in [0.1, 0.15) is 52.4 Å². The summed E-state index contributed by atoms with van der Waals surface area (Å²) in [7, 11) is 0. The van der Waals surface area contributed by atoms with Crippen molar-refractivity contribution in [1.82, 2.24) is 10.2 Å². The predicted octanol–water partition coefficient (Wildman–Crippen LogP) is 1.74. The van der Waals surface area contributed by atoms with Crippen LogP contribution in [0.4, 0.5) is 0 Å². The number of nitrogens with two attached hydrogens (primary N) is 1. The lowest BCUT2D eigenvalue weighted by atomic mass is 9.78. The number of carbonyl (C=O) groups excluding carboxylic acids is 1. The number of carbonyl (C=O) groups is 1. The maximum atomic E-state index is 12.3. The summed E-state index contributed by atoms with van der Waals surface area (Å²) in [6.07, 6.45) is 6.96. The van der Waals surface area contributed by atoms with Crippen LogP contribution >= 0.6 is 0 Å². The van der Waals surface area contributed by atoms with Gasteiger partial charge in [-0.25, -0.2) is 0 Å². The molecular weight excluding hydrogens is 250 g/mol. The van der Waals surface area contributed by atoms with Crippen LogP contribution in [0.25, 0.3) is 0 Å². The molecule has 1 saturated carbocycles. The maximum absolute atomic E-state index is 12.3. The lowest BCUT2D eigenvalue weighted by Crippen LogP contribution is -2.43. The molecule has 3 N–H and O–H groups in total. The van der Waals surface area contributed by atoms with Gasteiger partial charge < -0.3 is 11.1 Å². The Kier molecular flexibility index (Phi) is 5.85. The number of amides is 1. The highest BCUT2D eigenvalue weighted by atomic mass is 16.1. The monoisotopic (exact) mass is 281 g/mol. The standard InChI is InChI=1S/C16H31N3O/c1-3-19-9-5-8-15(19)11-18-16(20)12(2)13-6-4-7-14(17)10-13/h12-15H,3-11,17H2,1-2H3,(H,18,20). The summed E-state index contributed by atoms with van der Waals surface area (Å²) in [5.74, 6) is 0.814. The number of hydrogen-bond acceptors (Lipinski definition) is 3. The Morgan fingerprint density at radius 3 is 2.85 bits per heavy atom. The van der Waals surface area contributed by atoms with Crippen molar-refractivity contribution in [1.29, 1.82) is 0 Å². The van der Waals surface area contributed by atoms with Crippen molar-refractivity contribution < 1.29 is 4.79 Å². The molecule has 2 aliphatic rings. The fraction of sp³-hybridized carbons (Fsp3) is 0.938. The van der Waals surface area contributed by atoms with Crippen LogP contribution < -0.4 is 11.1 Å². The number of hydrogen-bond donors (Lipinski definition) is 2. The topological polar surface area (TPSA) is 58.4 Å². The highest BCUT2D eigenvalue weighted by Gasteiger charge is 2.29. The average Bonchev–Trinajstić information content (AvgIpc) is 2.91. The fourth-order valence-corrected chi connectivity index (χ4v) is 3.86. The van der Waals surface area contributed by atoms with Crippen LogP contribution in [0.2, 0.25) is 0 Å². The van der Waals surface area contributed by atoms with E-state index in [1.165, 1.54) is 25.8 Å². The summed E-state index contributed by atoms with van der Waals surface area (Å²) in [5, 5.41) is 3.18. The minimum absolute atomic E-state index is 0.109. The molecule has 4 heteroatoms. The van der Waals surface area contributed by atoms with Crippen molar-refractivity contribution in [3.8, 4) is 0 Å². The van der Waals surface area contributed by atoms with Crippen LogP contribution in [0.5, 0.6) is 0 Å². The van der Waals surface area contributed by atoms with Crippen LogP contribution in [-0.4, -0.2) is 42.5 Å². The SMILES string of the molecule is CCN1CCCC1CNC(=O)C(C)C1CCCC(N)C1. The zero-order valence-corrected chi connectivity index (χ0v) is 13.1. The Bertz CT molecular complexity index is 321. The summed E-state index contributed by atoms with van der Waals surface area (Å²) in [6.45, 7) is 7.36. The van der Waals surface area contributed by atoms with E-state index >= 15 is 0 Å². The highest BCUT2D eigenvalue weighted by Crippen LogP contribution is 2.29. The average molecular weight is 281 g/mol. The van der Waals surface area contributed by atoms with Gasteiger partial charge in [-0.15, -0.1) is 0 Å². The Morgan fingerprint density at radius 2 is 2.15 bits per heavy atom. The maximum Gasteiger partial charge on any atom is 0.223 e. The van der Waals surface area contributed by atoms with Gasteiger partial charge in [0.25, 0.3) is 0 Å². The van der Waals surface area contributed by atoms with Gasteiger partial charge in [-0.2, -0.15) is 0 Å². The molecule has 1 heterocycles. The highest BCUT2D eigenvalue weighted by molar-refractivity contribution is 5.78. The second-order valence-electron chi connectivity index (χ2n) is 6.65. The lowest BCUT2D eigenvalue weighted by Gasteiger charge is -2.31. The normalized spacial score (nSPS) is 33.0. The molecule has 1 aliphatic carbocycles. The van der Waals surface area contributed by atoms with Crippen LogP contribution in [0.3, 0.4) is 0 Å². The first-order valence-corrected chi connectivity index (χ1v) is 8.39. The first-order valence-electron chi connectivity index (χ1n) is 8.39. The van der Waals surface area contributed by atoms with Gasteiger partial charge in [-0.1, -0.05) is 20.3 Å². The molecule has 0 spiro atoms. The lowest BCUT2D eigenvalue weighted by molar-refractivity contribution is -0.126. The Labute approximate surface area is 123 Å². The molecule has 2 rings (SSSR count). The van der Waals surface area contributed by atoms with E-state index < -0.39 is 0 Å². The molecule has 0 aromatic heterocycles. The van der Waals surface area contributed by atoms with Gasteiger partial charge >= 0.3 is 0 Å². The Morgan fingerprint density at radius 1 is 1.35 bits per heavy atom. The van der Waals surface area contributed by atoms with Gasteiger partial charge in [0.15, 0.2) is 0 Å². The van der Waals surface area contributed by atoms with Gasteiger partial charge in [0.2, 0.25) is 5.91 Å². The fourth-order valence-electron chi connectivity index (χ4n) is 3.86. The van der Waals surface area contributed by atoms with E-state index in [1.807, 2.05) is 0 Å². The van der Waals surface area contributed by atoms with Gasteiger partial charge in [-0.05, 0) is 51.1 Å². The molecule has 1 saturated heterocycles. The molecule has 4 unspecified atom stereocenters. The van der Waals surface area contributed by atoms with Crippen molar-refractivity contribution in [3.05, 3.63) is 0 Å². The van der Waals surface area contributed by atoms with E-state index in [0.717, 1.165) is 32.4 Å². The third-order valence-corrected chi connectivity index (χ3v) is 5.29. The Hall–Kier alpha value is -0.610. The Balaban J connectivity index is 1.76. The molecule has 0 bridgehead atoms. The van der Waals surface area contributed by atoms with E-state index in [0.29, 0.717) is 18.0 Å². The molecular formula is C16H31N3O. The summed E-state index contributed by atoms with van der Waals surface area (Å²) < 4.78 is 0. The third kappa shape index (κ3) is 3.95. The molecule has 1 aliphatic heterocycles. The smallest absolute Gasteiger partial charge is 0.223 e. The summed E-state index contributed by atoms with van der Waals surface area (Å²) in [6, 6.07) is 0.846. The second-order valence-corrected chi connectivity index (χ2v) is 6.65. The molecule has 0 aromatic carbocycles. The first-order chi connectivity index (χ1) is 9.61. The molecule has 0 aromatic rings. The minimum atomic E-state index is 0.109. The van der Waals surface area contributed by atoms with Gasteiger partial charge in [0.1, 0.15) is 0 Å². The van der Waals surface area contributed by atoms with Crippen LogP contribution in [0, 0.1) is 11.8 Å². The first kappa shape index (κ1) is 15.8. The molecule has 20 heavy (non-hydrogen) atoms. The van der Waals surface area contributed by atoms with E-state index in [-0.39, 0.29) is 11.8 Å². The molecule has 4 nitrogen and oxygen atoms in total. The molecule has 0 radical (unpaired) electrons. The van der Waals surface area contributed by atoms with Gasteiger partial charge in [0.05, 0.1) is 0 Å². The number of rotatable bonds is 5. The number of likely N-dealkylation sites (tertiary alicyclic amines) is 1. The summed E-state index contributed by atoms with van der Waals surface area (Å²) >= 11 is 0. The number of nitrogens with zero attached hydrogens (tertiary/aromatic N) is 1. The van der Waals surface area contributed by atoms with Crippen LogP contribution in [-0.2, 0) is 4.79 Å². The molecule has 2 fully saturated rings. The van der Waals surface area contributed by atoms with Gasteiger partial charge in [-0.3, -0.25) is 9.69 Å². The van der Waals surface area contributed by atoms with Gasteiger partial charge in [0, 0.05) is 24.5 Å². The number of nitrogens with one attached hydrogen (secondary N) is 1. The minimum Gasteiger partial charge on any atom is -0.354 e.